The van der Waals surface area contributed by atoms with Crippen molar-refractivity contribution in [3.8, 4) is 5.75 Å². The second-order valence-corrected chi connectivity index (χ2v) is 10.8. The molecule has 0 radical (unpaired) electrons. The molecule has 0 bridgehead atoms. The topological polar surface area (TPSA) is 105 Å². The summed E-state index contributed by atoms with van der Waals surface area (Å²) >= 11 is 0. The maximum atomic E-state index is 13.7. The molecule has 1 atom stereocenters. The predicted molar refractivity (Wildman–Crippen MR) is 156 cm³/mol. The Morgan fingerprint density at radius 3 is 2.08 bits per heavy atom. The molecule has 0 aromatic heterocycles. The van der Waals surface area contributed by atoms with E-state index in [1.165, 1.54) is 12.1 Å². The summed E-state index contributed by atoms with van der Waals surface area (Å²) in [5, 5.41) is 5.67. The van der Waals surface area contributed by atoms with Crippen LogP contribution in [0, 0.1) is 0 Å². The van der Waals surface area contributed by atoms with Crippen LogP contribution in [0.3, 0.4) is 0 Å². The number of amides is 2. The van der Waals surface area contributed by atoms with Gasteiger partial charge in [-0.1, -0.05) is 60.7 Å². The normalized spacial score (nSPS) is 11.8. The van der Waals surface area contributed by atoms with E-state index in [2.05, 4.69) is 10.6 Å². The Balaban J connectivity index is 1.55. The van der Waals surface area contributed by atoms with Gasteiger partial charge >= 0.3 is 0 Å². The van der Waals surface area contributed by atoms with Gasteiger partial charge in [0.2, 0.25) is 5.91 Å². The minimum absolute atomic E-state index is 0.0160. The number of nitrogens with zero attached hydrogens (tertiary/aromatic N) is 1. The zero-order valence-electron chi connectivity index (χ0n) is 22.3. The summed E-state index contributed by atoms with van der Waals surface area (Å²) in [6, 6.07) is 30.3. The van der Waals surface area contributed by atoms with E-state index < -0.39 is 22.5 Å². The van der Waals surface area contributed by atoms with Crippen molar-refractivity contribution >= 4 is 33.2 Å². The van der Waals surface area contributed by atoms with Gasteiger partial charge in [0.1, 0.15) is 12.3 Å². The van der Waals surface area contributed by atoms with Gasteiger partial charge in [-0.25, -0.2) is 8.42 Å². The van der Waals surface area contributed by atoms with Gasteiger partial charge in [0.05, 0.1) is 34.5 Å². The number of hydrogen-bond donors (Lipinski definition) is 2. The minimum atomic E-state index is -4.11. The summed E-state index contributed by atoms with van der Waals surface area (Å²) in [6.07, 6.45) is 0. The molecule has 0 saturated carbocycles. The van der Waals surface area contributed by atoms with E-state index in [9.17, 15) is 18.0 Å². The first kappa shape index (κ1) is 28.4. The molecule has 0 spiro atoms. The molecule has 0 saturated heterocycles. The van der Waals surface area contributed by atoms with E-state index in [1.54, 1.807) is 66.7 Å². The van der Waals surface area contributed by atoms with Crippen LogP contribution < -0.4 is 19.7 Å². The fourth-order valence-corrected chi connectivity index (χ4v) is 5.54. The van der Waals surface area contributed by atoms with Crippen molar-refractivity contribution in [2.24, 2.45) is 0 Å². The SMILES string of the molecule is CCOc1ccc(S(=O)(=O)N(CC(=O)Nc2ccccc2C(=O)N[C@H](C)c2ccccc2)c2ccccc2)cc1. The van der Waals surface area contributed by atoms with E-state index in [1.807, 2.05) is 44.2 Å². The van der Waals surface area contributed by atoms with Crippen molar-refractivity contribution in [2.45, 2.75) is 24.8 Å². The van der Waals surface area contributed by atoms with E-state index in [-0.39, 0.29) is 28.1 Å². The van der Waals surface area contributed by atoms with Crippen molar-refractivity contribution in [1.82, 2.24) is 5.32 Å². The Morgan fingerprint density at radius 2 is 1.43 bits per heavy atom. The van der Waals surface area contributed by atoms with Crippen LogP contribution in [-0.4, -0.2) is 33.4 Å². The highest BCUT2D eigenvalue weighted by Crippen LogP contribution is 2.26. The lowest BCUT2D eigenvalue weighted by Gasteiger charge is -2.24. The van der Waals surface area contributed by atoms with Crippen molar-refractivity contribution in [3.05, 3.63) is 120 Å². The highest BCUT2D eigenvalue weighted by molar-refractivity contribution is 7.92. The number of rotatable bonds is 11. The number of para-hydroxylation sites is 2. The number of nitrogens with one attached hydrogen (secondary N) is 2. The van der Waals surface area contributed by atoms with Crippen LogP contribution in [0.2, 0.25) is 0 Å². The zero-order valence-corrected chi connectivity index (χ0v) is 23.1. The molecule has 4 aromatic carbocycles. The van der Waals surface area contributed by atoms with E-state index in [4.69, 9.17) is 4.74 Å². The molecule has 0 fully saturated rings. The van der Waals surface area contributed by atoms with Crippen molar-refractivity contribution in [3.63, 3.8) is 0 Å². The molecular formula is C31H31N3O5S. The molecule has 0 aliphatic rings. The first-order chi connectivity index (χ1) is 19.3. The Morgan fingerprint density at radius 1 is 0.825 bits per heavy atom. The minimum Gasteiger partial charge on any atom is -0.494 e. The van der Waals surface area contributed by atoms with Crippen LogP contribution >= 0.6 is 0 Å². The largest absolute Gasteiger partial charge is 0.494 e. The van der Waals surface area contributed by atoms with Crippen molar-refractivity contribution in [1.29, 1.82) is 0 Å². The highest BCUT2D eigenvalue weighted by atomic mass is 32.2. The van der Waals surface area contributed by atoms with Gasteiger partial charge in [0.15, 0.2) is 0 Å². The summed E-state index contributed by atoms with van der Waals surface area (Å²) < 4.78 is 33.8. The van der Waals surface area contributed by atoms with Crippen molar-refractivity contribution < 1.29 is 22.7 Å². The molecule has 0 aliphatic carbocycles. The van der Waals surface area contributed by atoms with E-state index in [0.29, 0.717) is 18.0 Å². The van der Waals surface area contributed by atoms with Crippen LogP contribution in [-0.2, 0) is 14.8 Å². The molecule has 2 amide bonds. The summed E-state index contributed by atoms with van der Waals surface area (Å²) in [4.78, 5) is 26.4. The molecular weight excluding hydrogens is 526 g/mol. The van der Waals surface area contributed by atoms with Crippen LogP contribution in [0.4, 0.5) is 11.4 Å². The molecule has 206 valence electrons. The molecule has 0 heterocycles. The Bertz CT molecular complexity index is 1540. The molecule has 40 heavy (non-hydrogen) atoms. The predicted octanol–water partition coefficient (Wildman–Crippen LogP) is 5.41. The Hall–Kier alpha value is -4.63. The molecule has 0 aliphatic heterocycles. The molecule has 4 rings (SSSR count). The summed E-state index contributed by atoms with van der Waals surface area (Å²) in [5.41, 5.74) is 1.81. The molecule has 0 unspecified atom stereocenters. The molecule has 9 heteroatoms. The van der Waals surface area contributed by atoms with Gasteiger partial charge in [-0.05, 0) is 67.9 Å². The maximum absolute atomic E-state index is 13.7. The fraction of sp³-hybridized carbons (Fsp3) is 0.161. The molecule has 4 aromatic rings. The quantitative estimate of drug-likeness (QED) is 0.257. The van der Waals surface area contributed by atoms with Gasteiger partial charge in [-0.15, -0.1) is 0 Å². The summed E-state index contributed by atoms with van der Waals surface area (Å²) in [6.45, 7) is 3.66. The average molecular weight is 558 g/mol. The van der Waals surface area contributed by atoms with Gasteiger partial charge < -0.3 is 15.4 Å². The number of anilines is 2. The smallest absolute Gasteiger partial charge is 0.264 e. The second-order valence-electron chi connectivity index (χ2n) is 8.95. The molecule has 8 nitrogen and oxygen atoms in total. The monoisotopic (exact) mass is 557 g/mol. The van der Waals surface area contributed by atoms with Crippen LogP contribution in [0.1, 0.15) is 35.8 Å². The van der Waals surface area contributed by atoms with Gasteiger partial charge in [-0.2, -0.15) is 0 Å². The molecule has 2 N–H and O–H groups in total. The third kappa shape index (κ3) is 6.86. The standard InChI is InChI=1S/C31H31N3O5S/c1-3-39-26-18-20-27(21-19-26)40(37,38)34(25-14-8-5-9-15-25)22-30(35)33-29-17-11-10-16-28(29)31(36)32-23(2)24-12-6-4-7-13-24/h4-21,23H,3,22H2,1-2H3,(H,32,36)(H,33,35)/t23-/m1/s1. The average Bonchev–Trinajstić information content (AvgIpc) is 2.97. The fourth-order valence-electron chi connectivity index (χ4n) is 4.12. The van der Waals surface area contributed by atoms with Crippen LogP contribution in [0.5, 0.6) is 5.75 Å². The first-order valence-electron chi connectivity index (χ1n) is 12.8. The Kier molecular flexibility index (Phi) is 9.19. The lowest BCUT2D eigenvalue weighted by molar-refractivity contribution is -0.114. The third-order valence-electron chi connectivity index (χ3n) is 6.15. The third-order valence-corrected chi connectivity index (χ3v) is 7.94. The highest BCUT2D eigenvalue weighted by Gasteiger charge is 2.28. The van der Waals surface area contributed by atoms with Crippen LogP contribution in [0.15, 0.2) is 114 Å². The summed E-state index contributed by atoms with van der Waals surface area (Å²) in [5.74, 6) is -0.425. The number of hydrogen-bond acceptors (Lipinski definition) is 5. The van der Waals surface area contributed by atoms with Crippen molar-refractivity contribution in [2.75, 3.05) is 22.8 Å². The van der Waals surface area contributed by atoms with Gasteiger partial charge in [-0.3, -0.25) is 13.9 Å². The van der Waals surface area contributed by atoms with Gasteiger partial charge in [0, 0.05) is 0 Å². The number of sulfonamides is 1. The lowest BCUT2D eigenvalue weighted by Crippen LogP contribution is -2.38. The van der Waals surface area contributed by atoms with Crippen LogP contribution in [0.25, 0.3) is 0 Å². The maximum Gasteiger partial charge on any atom is 0.264 e. The number of benzene rings is 4. The lowest BCUT2D eigenvalue weighted by atomic mass is 10.1. The Labute approximate surface area is 234 Å². The zero-order chi connectivity index (χ0) is 28.5. The van der Waals surface area contributed by atoms with Gasteiger partial charge in [0.25, 0.3) is 15.9 Å². The number of carbonyl (C=O) groups is 2. The second kappa shape index (κ2) is 12.9. The van der Waals surface area contributed by atoms with E-state index >= 15 is 0 Å². The number of carbonyl (C=O) groups excluding carboxylic acids is 2. The summed E-state index contributed by atoms with van der Waals surface area (Å²) in [7, 11) is -4.11. The van der Waals surface area contributed by atoms with E-state index in [0.717, 1.165) is 9.87 Å². The first-order valence-corrected chi connectivity index (χ1v) is 14.3. The number of ether oxygens (including phenoxy) is 1.